The van der Waals surface area contributed by atoms with Gasteiger partial charge in [-0.2, -0.15) is 0 Å². The molecule has 0 radical (unpaired) electrons. The summed E-state index contributed by atoms with van der Waals surface area (Å²) in [6.45, 7) is 2.16. The van der Waals surface area contributed by atoms with E-state index in [0.717, 1.165) is 13.0 Å². The number of carbonyl (C=O) groups is 2. The van der Waals surface area contributed by atoms with Gasteiger partial charge in [0.1, 0.15) is 13.2 Å². The first-order valence-corrected chi connectivity index (χ1v) is 6.68. The number of nitrogens with zero attached hydrogens (tertiary/aromatic N) is 1. The molecule has 2 amide bonds. The highest BCUT2D eigenvalue weighted by molar-refractivity contribution is 5.64. The molecular formula is C14H21N3O4. The van der Waals surface area contributed by atoms with E-state index in [-0.39, 0.29) is 13.2 Å². The molecule has 0 atom stereocenters. The summed E-state index contributed by atoms with van der Waals surface area (Å²) in [5.41, 5.74) is 11.0. The number of amides is 2. The summed E-state index contributed by atoms with van der Waals surface area (Å²) in [5.74, 6) is 0. The third kappa shape index (κ3) is 8.48. The number of ether oxygens (including phenoxy) is 2. The van der Waals surface area contributed by atoms with Crippen molar-refractivity contribution >= 4 is 12.2 Å². The van der Waals surface area contributed by atoms with Gasteiger partial charge >= 0.3 is 12.2 Å². The molecule has 7 heteroatoms. The first-order valence-electron chi connectivity index (χ1n) is 6.68. The summed E-state index contributed by atoms with van der Waals surface area (Å²) in [4.78, 5) is 23.1. The van der Waals surface area contributed by atoms with E-state index in [1.54, 1.807) is 0 Å². The molecule has 21 heavy (non-hydrogen) atoms. The number of carbonyl (C=O) groups excluding carboxylic acids is 2. The highest BCUT2D eigenvalue weighted by atomic mass is 16.5. The van der Waals surface area contributed by atoms with Crippen molar-refractivity contribution in [3.63, 3.8) is 0 Å². The third-order valence-corrected chi connectivity index (χ3v) is 2.86. The Kier molecular flexibility index (Phi) is 7.67. The summed E-state index contributed by atoms with van der Waals surface area (Å²) in [7, 11) is 0. The van der Waals surface area contributed by atoms with E-state index in [1.165, 1.54) is 5.56 Å². The monoisotopic (exact) mass is 295 g/mol. The molecular weight excluding hydrogens is 274 g/mol. The second-order valence-electron chi connectivity index (χ2n) is 4.41. The highest BCUT2D eigenvalue weighted by Gasteiger charge is 2.07. The Balaban J connectivity index is 2.38. The van der Waals surface area contributed by atoms with Gasteiger partial charge in [0.05, 0.1) is 0 Å². The number of benzene rings is 1. The Labute approximate surface area is 123 Å². The van der Waals surface area contributed by atoms with Crippen LogP contribution in [0.5, 0.6) is 0 Å². The van der Waals surface area contributed by atoms with Gasteiger partial charge in [-0.15, -0.1) is 0 Å². The van der Waals surface area contributed by atoms with E-state index in [0.29, 0.717) is 13.1 Å². The molecule has 116 valence electrons. The molecule has 0 aliphatic rings. The number of hydrogen-bond donors (Lipinski definition) is 2. The SMILES string of the molecule is NC(=O)OCCN(CCOC(N)=O)CCc1ccccc1. The summed E-state index contributed by atoms with van der Waals surface area (Å²) >= 11 is 0. The Morgan fingerprint density at radius 3 is 1.90 bits per heavy atom. The second kappa shape index (κ2) is 9.60. The third-order valence-electron chi connectivity index (χ3n) is 2.86. The molecule has 1 aromatic rings. The van der Waals surface area contributed by atoms with Crippen LogP contribution in [0.3, 0.4) is 0 Å². The van der Waals surface area contributed by atoms with Crippen molar-refractivity contribution in [3.05, 3.63) is 35.9 Å². The Bertz CT molecular complexity index is 419. The van der Waals surface area contributed by atoms with Crippen molar-refractivity contribution in [1.29, 1.82) is 0 Å². The van der Waals surface area contributed by atoms with Gasteiger partial charge in [0.25, 0.3) is 0 Å². The van der Waals surface area contributed by atoms with E-state index < -0.39 is 12.2 Å². The van der Waals surface area contributed by atoms with Crippen LogP contribution in [0, 0.1) is 0 Å². The molecule has 0 fully saturated rings. The van der Waals surface area contributed by atoms with Crippen LogP contribution in [0.4, 0.5) is 9.59 Å². The molecule has 0 aliphatic carbocycles. The van der Waals surface area contributed by atoms with E-state index in [9.17, 15) is 9.59 Å². The van der Waals surface area contributed by atoms with E-state index >= 15 is 0 Å². The topological polar surface area (TPSA) is 108 Å². The molecule has 0 unspecified atom stereocenters. The minimum atomic E-state index is -0.800. The fourth-order valence-electron chi connectivity index (χ4n) is 1.82. The fraction of sp³-hybridized carbons (Fsp3) is 0.429. The Morgan fingerprint density at radius 2 is 1.43 bits per heavy atom. The van der Waals surface area contributed by atoms with Crippen LogP contribution in [0.15, 0.2) is 30.3 Å². The maximum atomic E-state index is 10.6. The molecule has 0 spiro atoms. The summed E-state index contributed by atoms with van der Waals surface area (Å²) in [6, 6.07) is 10.00. The minimum absolute atomic E-state index is 0.195. The molecule has 4 N–H and O–H groups in total. The van der Waals surface area contributed by atoms with Crippen molar-refractivity contribution in [2.24, 2.45) is 11.5 Å². The maximum absolute atomic E-state index is 10.6. The van der Waals surface area contributed by atoms with Crippen molar-refractivity contribution in [3.8, 4) is 0 Å². The Hall–Kier alpha value is -2.28. The molecule has 0 saturated heterocycles. The minimum Gasteiger partial charge on any atom is -0.448 e. The molecule has 0 saturated carbocycles. The standard InChI is InChI=1S/C14H21N3O4/c15-13(18)20-10-8-17(9-11-21-14(16)19)7-6-12-4-2-1-3-5-12/h1-5H,6-11H2,(H2,15,18)(H2,16,19). The van der Waals surface area contributed by atoms with Crippen molar-refractivity contribution in [2.45, 2.75) is 6.42 Å². The summed E-state index contributed by atoms with van der Waals surface area (Å²) in [5, 5.41) is 0. The largest absolute Gasteiger partial charge is 0.448 e. The van der Waals surface area contributed by atoms with Crippen molar-refractivity contribution in [2.75, 3.05) is 32.8 Å². The quantitative estimate of drug-likeness (QED) is 0.698. The lowest BCUT2D eigenvalue weighted by Crippen LogP contribution is -2.34. The lowest BCUT2D eigenvalue weighted by atomic mass is 10.1. The van der Waals surface area contributed by atoms with Gasteiger partial charge in [0.2, 0.25) is 0 Å². The van der Waals surface area contributed by atoms with E-state index in [1.807, 2.05) is 35.2 Å². The van der Waals surface area contributed by atoms with Crippen LogP contribution in [0.1, 0.15) is 5.56 Å². The van der Waals surface area contributed by atoms with Crippen LogP contribution >= 0.6 is 0 Å². The van der Waals surface area contributed by atoms with Gasteiger partial charge in [-0.1, -0.05) is 30.3 Å². The van der Waals surface area contributed by atoms with Gasteiger partial charge < -0.3 is 20.9 Å². The molecule has 0 aliphatic heterocycles. The van der Waals surface area contributed by atoms with E-state index in [4.69, 9.17) is 20.9 Å². The predicted molar refractivity (Wildman–Crippen MR) is 77.7 cm³/mol. The fourth-order valence-corrected chi connectivity index (χ4v) is 1.82. The molecule has 1 aromatic carbocycles. The van der Waals surface area contributed by atoms with Gasteiger partial charge in [-0.25, -0.2) is 9.59 Å². The summed E-state index contributed by atoms with van der Waals surface area (Å²) < 4.78 is 9.43. The zero-order valence-corrected chi connectivity index (χ0v) is 11.9. The van der Waals surface area contributed by atoms with Gasteiger partial charge in [-0.3, -0.25) is 4.90 Å². The number of primary amides is 2. The number of rotatable bonds is 9. The van der Waals surface area contributed by atoms with Gasteiger partial charge in [0, 0.05) is 19.6 Å². The number of hydrogen-bond acceptors (Lipinski definition) is 5. The van der Waals surface area contributed by atoms with Crippen LogP contribution in [-0.4, -0.2) is 49.9 Å². The zero-order chi connectivity index (χ0) is 15.5. The van der Waals surface area contributed by atoms with E-state index in [2.05, 4.69) is 0 Å². The average Bonchev–Trinajstić information content (AvgIpc) is 2.44. The molecule has 0 aromatic heterocycles. The smallest absolute Gasteiger partial charge is 0.404 e. The Morgan fingerprint density at radius 1 is 0.905 bits per heavy atom. The molecule has 0 bridgehead atoms. The lowest BCUT2D eigenvalue weighted by Gasteiger charge is -2.21. The first kappa shape index (κ1) is 16.8. The van der Waals surface area contributed by atoms with Crippen LogP contribution in [-0.2, 0) is 15.9 Å². The zero-order valence-electron chi connectivity index (χ0n) is 11.9. The number of nitrogens with two attached hydrogens (primary N) is 2. The first-order chi connectivity index (χ1) is 10.1. The van der Waals surface area contributed by atoms with Crippen LogP contribution in [0.25, 0.3) is 0 Å². The lowest BCUT2D eigenvalue weighted by molar-refractivity contribution is 0.114. The highest BCUT2D eigenvalue weighted by Crippen LogP contribution is 2.01. The van der Waals surface area contributed by atoms with Gasteiger partial charge in [0.15, 0.2) is 0 Å². The van der Waals surface area contributed by atoms with Crippen LogP contribution < -0.4 is 11.5 Å². The van der Waals surface area contributed by atoms with Crippen molar-refractivity contribution < 1.29 is 19.1 Å². The van der Waals surface area contributed by atoms with Crippen molar-refractivity contribution in [1.82, 2.24) is 4.90 Å². The van der Waals surface area contributed by atoms with Gasteiger partial charge in [-0.05, 0) is 12.0 Å². The molecule has 0 heterocycles. The molecule has 1 rings (SSSR count). The predicted octanol–water partition coefficient (Wildman–Crippen LogP) is 0.722. The normalized spacial score (nSPS) is 10.3. The summed E-state index contributed by atoms with van der Waals surface area (Å²) in [6.07, 6.45) is -0.758. The average molecular weight is 295 g/mol. The molecule has 7 nitrogen and oxygen atoms in total. The second-order valence-corrected chi connectivity index (χ2v) is 4.41. The van der Waals surface area contributed by atoms with Crippen LogP contribution in [0.2, 0.25) is 0 Å². The maximum Gasteiger partial charge on any atom is 0.404 e.